The molecule has 6 heteroatoms. The van der Waals surface area contributed by atoms with Crippen LogP contribution >= 0.6 is 11.3 Å². The predicted octanol–water partition coefficient (Wildman–Crippen LogP) is 0.944. The van der Waals surface area contributed by atoms with Crippen molar-refractivity contribution < 1.29 is 8.42 Å². The van der Waals surface area contributed by atoms with Crippen molar-refractivity contribution in [3.8, 4) is 0 Å². The van der Waals surface area contributed by atoms with Crippen molar-refractivity contribution in [3.63, 3.8) is 0 Å². The molecule has 4 nitrogen and oxygen atoms in total. The maximum Gasteiger partial charge on any atom is 0.247 e. The van der Waals surface area contributed by atoms with Crippen molar-refractivity contribution in [1.82, 2.24) is 4.98 Å². The normalized spacial score (nSPS) is 12.1. The molecule has 2 N–H and O–H groups in total. The number of hydrogen-bond donors (Lipinski definition) is 1. The number of nitrogens with two attached hydrogens (primary N) is 1. The van der Waals surface area contributed by atoms with Crippen LogP contribution in [0.3, 0.4) is 0 Å². The van der Waals surface area contributed by atoms with E-state index in [0.717, 1.165) is 21.4 Å². The summed E-state index contributed by atoms with van der Waals surface area (Å²) in [4.78, 5) is 3.88. The van der Waals surface area contributed by atoms with Crippen LogP contribution in [0.1, 0.15) is 0 Å². The lowest BCUT2D eigenvalue weighted by atomic mass is 10.4. The van der Waals surface area contributed by atoms with Gasteiger partial charge in [0.1, 0.15) is 4.21 Å². The van der Waals surface area contributed by atoms with Crippen LogP contribution in [-0.2, 0) is 10.0 Å². The van der Waals surface area contributed by atoms with Gasteiger partial charge in [-0.25, -0.2) is 13.6 Å². The van der Waals surface area contributed by atoms with E-state index in [1.165, 1.54) is 6.07 Å². The highest BCUT2D eigenvalue weighted by Crippen LogP contribution is 2.26. The molecule has 0 bridgehead atoms. The minimum atomic E-state index is -3.57. The number of hydrogen-bond acceptors (Lipinski definition) is 4. The van der Waals surface area contributed by atoms with Crippen LogP contribution in [0.2, 0.25) is 0 Å². The van der Waals surface area contributed by atoms with Crippen molar-refractivity contribution >= 4 is 31.4 Å². The topological polar surface area (TPSA) is 73.1 Å². The summed E-state index contributed by atoms with van der Waals surface area (Å²) in [6.45, 7) is 0. The summed E-state index contributed by atoms with van der Waals surface area (Å²) < 4.78 is 23.0. The number of rotatable bonds is 1. The quantitative estimate of drug-likeness (QED) is 0.767. The molecule has 2 aromatic rings. The minimum Gasteiger partial charge on any atom is -0.264 e. The van der Waals surface area contributed by atoms with Gasteiger partial charge in [0.15, 0.2) is 0 Å². The molecule has 0 fully saturated rings. The highest BCUT2D eigenvalue weighted by Gasteiger charge is 2.11. The number of fused-ring (bicyclic) bond motifs is 1. The Kier molecular flexibility index (Phi) is 1.83. The number of aromatic nitrogens is 1. The van der Waals surface area contributed by atoms with E-state index >= 15 is 0 Å². The van der Waals surface area contributed by atoms with E-state index in [1.807, 2.05) is 0 Å². The molecule has 13 heavy (non-hydrogen) atoms. The molecule has 0 saturated heterocycles. The molecule has 2 rings (SSSR count). The van der Waals surface area contributed by atoms with Gasteiger partial charge in [0.2, 0.25) is 10.0 Å². The van der Waals surface area contributed by atoms with Crippen molar-refractivity contribution in [3.05, 3.63) is 24.5 Å². The average Bonchev–Trinajstić information content (AvgIpc) is 2.45. The molecule has 0 aliphatic carbocycles. The van der Waals surface area contributed by atoms with E-state index in [2.05, 4.69) is 4.98 Å². The first-order valence-corrected chi connectivity index (χ1v) is 5.80. The van der Waals surface area contributed by atoms with E-state index in [9.17, 15) is 8.42 Å². The fourth-order valence-corrected chi connectivity index (χ4v) is 2.79. The molecule has 0 atom stereocenters. The second kappa shape index (κ2) is 2.76. The number of sulfonamides is 1. The SMILES string of the molecule is NS(=O)(=O)c1cc2cnccc2s1. The lowest BCUT2D eigenvalue weighted by Crippen LogP contribution is -2.09. The van der Waals surface area contributed by atoms with E-state index in [4.69, 9.17) is 5.14 Å². The maximum absolute atomic E-state index is 11.0. The first-order valence-electron chi connectivity index (χ1n) is 3.44. The summed E-state index contributed by atoms with van der Waals surface area (Å²) in [5, 5.41) is 5.79. The Bertz CT molecular complexity index is 511. The standard InChI is InChI=1S/C7H6N2O2S2/c8-13(10,11)7-3-5-4-9-2-1-6(5)12-7/h1-4H,(H2,8,10,11). The molecule has 68 valence electrons. The molecular formula is C7H6N2O2S2. The summed E-state index contributed by atoms with van der Waals surface area (Å²) in [5.41, 5.74) is 0. The third kappa shape index (κ3) is 1.55. The Labute approximate surface area is 79.1 Å². The molecule has 0 unspecified atom stereocenters. The van der Waals surface area contributed by atoms with Gasteiger partial charge in [0, 0.05) is 22.5 Å². The highest BCUT2D eigenvalue weighted by molar-refractivity contribution is 7.91. The third-order valence-electron chi connectivity index (χ3n) is 1.57. The fraction of sp³-hybridized carbons (Fsp3) is 0. The molecule has 0 aromatic carbocycles. The molecule has 2 aromatic heterocycles. The zero-order chi connectivity index (χ0) is 9.47. The lowest BCUT2D eigenvalue weighted by molar-refractivity contribution is 0.600. The zero-order valence-electron chi connectivity index (χ0n) is 6.47. The molecule has 0 radical (unpaired) electrons. The van der Waals surface area contributed by atoms with Gasteiger partial charge in [0.05, 0.1) is 0 Å². The molecule has 0 amide bonds. The van der Waals surface area contributed by atoms with Crippen LogP contribution in [0.25, 0.3) is 10.1 Å². The van der Waals surface area contributed by atoms with E-state index in [1.54, 1.807) is 18.5 Å². The third-order valence-corrected chi connectivity index (χ3v) is 4.11. The first kappa shape index (κ1) is 8.61. The van der Waals surface area contributed by atoms with Crippen LogP contribution in [0.4, 0.5) is 0 Å². The lowest BCUT2D eigenvalue weighted by Gasteiger charge is -1.86. The van der Waals surface area contributed by atoms with Crippen molar-refractivity contribution in [1.29, 1.82) is 0 Å². The van der Waals surface area contributed by atoms with E-state index in [0.29, 0.717) is 0 Å². The number of nitrogens with zero attached hydrogens (tertiary/aromatic N) is 1. The molecule has 0 aliphatic rings. The second-order valence-corrected chi connectivity index (χ2v) is 5.40. The van der Waals surface area contributed by atoms with Crippen molar-refractivity contribution in [2.75, 3.05) is 0 Å². The van der Waals surface area contributed by atoms with E-state index < -0.39 is 10.0 Å². The van der Waals surface area contributed by atoms with Gasteiger partial charge in [-0.1, -0.05) is 0 Å². The van der Waals surface area contributed by atoms with Gasteiger partial charge in [-0.15, -0.1) is 11.3 Å². The largest absolute Gasteiger partial charge is 0.264 e. The first-order chi connectivity index (χ1) is 6.07. The number of pyridine rings is 1. The minimum absolute atomic E-state index is 0.176. The predicted molar refractivity (Wildman–Crippen MR) is 51.0 cm³/mol. The van der Waals surface area contributed by atoms with Crippen molar-refractivity contribution in [2.45, 2.75) is 4.21 Å². The van der Waals surface area contributed by atoms with Gasteiger partial charge in [-0.3, -0.25) is 4.98 Å². The highest BCUT2D eigenvalue weighted by atomic mass is 32.2. The molecule has 0 saturated carbocycles. The van der Waals surface area contributed by atoms with Gasteiger partial charge < -0.3 is 0 Å². The average molecular weight is 214 g/mol. The van der Waals surface area contributed by atoms with Gasteiger partial charge in [0.25, 0.3) is 0 Å². The Hall–Kier alpha value is -0.980. The molecule has 2 heterocycles. The van der Waals surface area contributed by atoms with Crippen LogP contribution in [-0.4, -0.2) is 13.4 Å². The molecular weight excluding hydrogens is 208 g/mol. The van der Waals surface area contributed by atoms with Crippen LogP contribution in [0.15, 0.2) is 28.7 Å². The molecule has 0 aliphatic heterocycles. The summed E-state index contributed by atoms with van der Waals surface area (Å²) in [6.07, 6.45) is 3.23. The Morgan fingerprint density at radius 1 is 1.46 bits per heavy atom. The van der Waals surface area contributed by atoms with E-state index in [-0.39, 0.29) is 4.21 Å². The van der Waals surface area contributed by atoms with Crippen LogP contribution in [0.5, 0.6) is 0 Å². The Balaban J connectivity index is 2.77. The second-order valence-electron chi connectivity index (χ2n) is 2.52. The van der Waals surface area contributed by atoms with Gasteiger partial charge in [-0.2, -0.15) is 0 Å². The smallest absolute Gasteiger partial charge is 0.247 e. The zero-order valence-corrected chi connectivity index (χ0v) is 8.10. The number of primary sulfonamides is 1. The monoisotopic (exact) mass is 214 g/mol. The Morgan fingerprint density at radius 2 is 2.23 bits per heavy atom. The van der Waals surface area contributed by atoms with Gasteiger partial charge in [-0.05, 0) is 12.1 Å². The fourth-order valence-electron chi connectivity index (χ4n) is 1.00. The van der Waals surface area contributed by atoms with Gasteiger partial charge >= 0.3 is 0 Å². The summed E-state index contributed by atoms with van der Waals surface area (Å²) in [7, 11) is -3.57. The maximum atomic E-state index is 11.0. The number of thiophene rings is 1. The summed E-state index contributed by atoms with van der Waals surface area (Å²) in [6, 6.07) is 3.29. The Morgan fingerprint density at radius 3 is 2.85 bits per heavy atom. The van der Waals surface area contributed by atoms with Crippen LogP contribution in [0, 0.1) is 0 Å². The van der Waals surface area contributed by atoms with Crippen LogP contribution < -0.4 is 5.14 Å². The molecule has 0 spiro atoms. The van der Waals surface area contributed by atoms with Crippen molar-refractivity contribution in [2.24, 2.45) is 5.14 Å². The summed E-state index contributed by atoms with van der Waals surface area (Å²) in [5.74, 6) is 0. The summed E-state index contributed by atoms with van der Waals surface area (Å²) >= 11 is 1.15.